The second-order valence-corrected chi connectivity index (χ2v) is 4.45. The molecule has 1 saturated heterocycles. The summed E-state index contributed by atoms with van der Waals surface area (Å²) in [5.74, 6) is 0. The number of ether oxygens (including phenoxy) is 2. The number of hydrogen-bond donors (Lipinski definition) is 1. The molecule has 0 aromatic rings. The molecule has 3 nitrogen and oxygen atoms in total. The van der Waals surface area contributed by atoms with Crippen LogP contribution in [0.4, 0.5) is 0 Å². The Hall–Kier alpha value is -0.120. The van der Waals surface area contributed by atoms with Gasteiger partial charge in [0.05, 0.1) is 11.7 Å². The molecule has 0 aromatic heterocycles. The van der Waals surface area contributed by atoms with E-state index in [1.807, 2.05) is 6.92 Å². The minimum atomic E-state index is -0.632. The second-order valence-electron chi connectivity index (χ2n) is 4.45. The molecule has 2 rings (SSSR count). The third kappa shape index (κ3) is 1.58. The highest BCUT2D eigenvalue weighted by molar-refractivity contribution is 5.01. The SMILES string of the molecule is CCC[C@H]1O[C@@H]2[C@@H](CC[C@]2(O)CC)O1. The summed E-state index contributed by atoms with van der Waals surface area (Å²) >= 11 is 0. The van der Waals surface area contributed by atoms with Gasteiger partial charge in [0.25, 0.3) is 0 Å². The summed E-state index contributed by atoms with van der Waals surface area (Å²) in [5, 5.41) is 10.3. The third-order valence-electron chi connectivity index (χ3n) is 3.49. The van der Waals surface area contributed by atoms with Gasteiger partial charge in [-0.15, -0.1) is 0 Å². The molecular formula is C11H20O3. The summed E-state index contributed by atoms with van der Waals surface area (Å²) in [6.45, 7) is 4.13. The first-order chi connectivity index (χ1) is 6.69. The Balaban J connectivity index is 1.99. The molecule has 4 atom stereocenters. The fraction of sp³-hybridized carbons (Fsp3) is 1.00. The molecule has 14 heavy (non-hydrogen) atoms. The van der Waals surface area contributed by atoms with Crippen molar-refractivity contribution in [1.29, 1.82) is 0 Å². The highest BCUT2D eigenvalue weighted by atomic mass is 16.7. The van der Waals surface area contributed by atoms with Crippen molar-refractivity contribution in [3.8, 4) is 0 Å². The van der Waals surface area contributed by atoms with E-state index in [1.165, 1.54) is 0 Å². The molecule has 0 aromatic carbocycles. The Morgan fingerprint density at radius 1 is 1.36 bits per heavy atom. The number of fused-ring (bicyclic) bond motifs is 1. The van der Waals surface area contributed by atoms with Crippen LogP contribution in [0.5, 0.6) is 0 Å². The van der Waals surface area contributed by atoms with Gasteiger partial charge in [-0.3, -0.25) is 0 Å². The van der Waals surface area contributed by atoms with Crippen LogP contribution in [0, 0.1) is 0 Å². The van der Waals surface area contributed by atoms with Gasteiger partial charge in [0.1, 0.15) is 6.10 Å². The molecular weight excluding hydrogens is 180 g/mol. The predicted molar refractivity (Wildman–Crippen MR) is 52.9 cm³/mol. The average molecular weight is 200 g/mol. The number of rotatable bonds is 3. The molecule has 1 heterocycles. The standard InChI is InChI=1S/C11H20O3/c1-3-5-9-13-8-6-7-11(12,4-2)10(8)14-9/h8-10,12H,3-7H2,1-2H3/t8-,9-,10-,11-/m1/s1. The fourth-order valence-corrected chi connectivity index (χ4v) is 2.53. The molecule has 0 unspecified atom stereocenters. The first-order valence-electron chi connectivity index (χ1n) is 5.73. The van der Waals surface area contributed by atoms with Gasteiger partial charge in [-0.2, -0.15) is 0 Å². The zero-order valence-electron chi connectivity index (χ0n) is 9.03. The minimum absolute atomic E-state index is 0.0756. The molecule has 0 spiro atoms. The lowest BCUT2D eigenvalue weighted by molar-refractivity contribution is -0.124. The van der Waals surface area contributed by atoms with Crippen LogP contribution in [0.1, 0.15) is 46.0 Å². The van der Waals surface area contributed by atoms with Gasteiger partial charge in [-0.1, -0.05) is 20.3 Å². The average Bonchev–Trinajstić information content (AvgIpc) is 2.69. The molecule has 82 valence electrons. The smallest absolute Gasteiger partial charge is 0.158 e. The summed E-state index contributed by atoms with van der Waals surface area (Å²) in [7, 11) is 0. The zero-order chi connectivity index (χ0) is 10.2. The molecule has 1 saturated carbocycles. The highest BCUT2D eigenvalue weighted by Gasteiger charge is 2.52. The quantitative estimate of drug-likeness (QED) is 0.755. The van der Waals surface area contributed by atoms with Crippen LogP contribution in [0.2, 0.25) is 0 Å². The summed E-state index contributed by atoms with van der Waals surface area (Å²) in [6.07, 6.45) is 4.50. The molecule has 3 heteroatoms. The Bertz CT molecular complexity index is 207. The Morgan fingerprint density at radius 2 is 2.14 bits per heavy atom. The molecule has 0 bridgehead atoms. The molecule has 1 aliphatic heterocycles. The highest BCUT2D eigenvalue weighted by Crippen LogP contribution is 2.42. The van der Waals surface area contributed by atoms with Crippen molar-refractivity contribution in [2.24, 2.45) is 0 Å². The van der Waals surface area contributed by atoms with Crippen molar-refractivity contribution in [2.75, 3.05) is 0 Å². The summed E-state index contributed by atoms with van der Waals surface area (Å²) in [4.78, 5) is 0. The van der Waals surface area contributed by atoms with Crippen molar-refractivity contribution in [3.05, 3.63) is 0 Å². The van der Waals surface area contributed by atoms with Crippen LogP contribution in [0.3, 0.4) is 0 Å². The van der Waals surface area contributed by atoms with E-state index in [0.717, 1.165) is 32.1 Å². The lowest BCUT2D eigenvalue weighted by atomic mass is 9.96. The zero-order valence-corrected chi connectivity index (χ0v) is 9.03. The molecule has 2 fully saturated rings. The van der Waals surface area contributed by atoms with Crippen molar-refractivity contribution < 1.29 is 14.6 Å². The predicted octanol–water partition coefficient (Wildman–Crippen LogP) is 1.83. The minimum Gasteiger partial charge on any atom is -0.387 e. The van der Waals surface area contributed by atoms with Crippen LogP contribution in [0.25, 0.3) is 0 Å². The van der Waals surface area contributed by atoms with Gasteiger partial charge in [0, 0.05) is 0 Å². The molecule has 0 amide bonds. The lowest BCUT2D eigenvalue weighted by Gasteiger charge is -2.26. The van der Waals surface area contributed by atoms with E-state index in [9.17, 15) is 5.11 Å². The van der Waals surface area contributed by atoms with Crippen molar-refractivity contribution >= 4 is 0 Å². The van der Waals surface area contributed by atoms with Crippen molar-refractivity contribution in [1.82, 2.24) is 0 Å². The monoisotopic (exact) mass is 200 g/mol. The van der Waals surface area contributed by atoms with Crippen LogP contribution in [-0.4, -0.2) is 29.2 Å². The van der Waals surface area contributed by atoms with Gasteiger partial charge in [-0.05, 0) is 25.7 Å². The molecule has 0 radical (unpaired) electrons. The largest absolute Gasteiger partial charge is 0.387 e. The van der Waals surface area contributed by atoms with Gasteiger partial charge >= 0.3 is 0 Å². The van der Waals surface area contributed by atoms with E-state index in [4.69, 9.17) is 9.47 Å². The van der Waals surface area contributed by atoms with Gasteiger partial charge in [0.15, 0.2) is 6.29 Å². The van der Waals surface area contributed by atoms with Gasteiger partial charge in [-0.25, -0.2) is 0 Å². The van der Waals surface area contributed by atoms with Gasteiger partial charge in [0.2, 0.25) is 0 Å². The second kappa shape index (κ2) is 3.80. The molecule has 1 aliphatic carbocycles. The summed E-state index contributed by atoms with van der Waals surface area (Å²) in [6, 6.07) is 0. The topological polar surface area (TPSA) is 38.7 Å². The van der Waals surface area contributed by atoms with E-state index in [1.54, 1.807) is 0 Å². The van der Waals surface area contributed by atoms with Crippen LogP contribution in [-0.2, 0) is 9.47 Å². The molecule has 1 N–H and O–H groups in total. The van der Waals surface area contributed by atoms with Crippen molar-refractivity contribution in [3.63, 3.8) is 0 Å². The van der Waals surface area contributed by atoms with E-state index in [-0.39, 0.29) is 18.5 Å². The third-order valence-corrected chi connectivity index (χ3v) is 3.49. The Morgan fingerprint density at radius 3 is 2.79 bits per heavy atom. The maximum Gasteiger partial charge on any atom is 0.158 e. The first-order valence-corrected chi connectivity index (χ1v) is 5.73. The Labute approximate surface area is 85.4 Å². The van der Waals surface area contributed by atoms with E-state index in [0.29, 0.717) is 0 Å². The fourth-order valence-electron chi connectivity index (χ4n) is 2.53. The maximum atomic E-state index is 10.3. The molecule has 2 aliphatic rings. The number of hydrogen-bond acceptors (Lipinski definition) is 3. The first kappa shape index (κ1) is 10.4. The Kier molecular flexibility index (Phi) is 2.82. The summed E-state index contributed by atoms with van der Waals surface area (Å²) in [5.41, 5.74) is -0.632. The van der Waals surface area contributed by atoms with E-state index >= 15 is 0 Å². The van der Waals surface area contributed by atoms with E-state index < -0.39 is 5.60 Å². The van der Waals surface area contributed by atoms with Crippen molar-refractivity contribution in [2.45, 2.75) is 70.1 Å². The maximum absolute atomic E-state index is 10.3. The van der Waals surface area contributed by atoms with Crippen LogP contribution in [0.15, 0.2) is 0 Å². The normalized spacial score (nSPS) is 46.9. The lowest BCUT2D eigenvalue weighted by Crippen LogP contribution is -2.40. The number of aliphatic hydroxyl groups is 1. The summed E-state index contributed by atoms with van der Waals surface area (Å²) < 4.78 is 11.5. The van der Waals surface area contributed by atoms with Crippen LogP contribution < -0.4 is 0 Å². The van der Waals surface area contributed by atoms with Gasteiger partial charge < -0.3 is 14.6 Å². The van der Waals surface area contributed by atoms with E-state index in [2.05, 4.69) is 6.92 Å². The van der Waals surface area contributed by atoms with Crippen LogP contribution >= 0.6 is 0 Å².